The lowest BCUT2D eigenvalue weighted by Crippen LogP contribution is -2.68. The highest BCUT2D eigenvalue weighted by Gasteiger charge is 2.57. The van der Waals surface area contributed by atoms with Gasteiger partial charge in [-0.15, -0.1) is 0 Å². The Morgan fingerprint density at radius 2 is 2.00 bits per heavy atom. The largest absolute Gasteiger partial charge is 0.493 e. The van der Waals surface area contributed by atoms with Gasteiger partial charge in [-0.1, -0.05) is 62.7 Å². The normalized spacial score (nSPS) is 22.3. The number of carbonyl (C=O) groups excluding carboxylic acids is 1. The Morgan fingerprint density at radius 3 is 2.79 bits per heavy atom. The smallest absolute Gasteiger partial charge is 0.223 e. The van der Waals surface area contributed by atoms with Crippen molar-refractivity contribution in [2.45, 2.75) is 51.6 Å². The molecular formula is C25H30N2O2. The third-order valence-electron chi connectivity index (χ3n) is 6.27. The maximum Gasteiger partial charge on any atom is 0.223 e. The summed E-state index contributed by atoms with van der Waals surface area (Å²) in [7, 11) is 0. The van der Waals surface area contributed by atoms with E-state index >= 15 is 0 Å². The molecule has 4 rings (SSSR count). The molecule has 1 saturated heterocycles. The standard InChI is InChI=1S/C25H30N2O2/c1-5-16-29-22-9-7-6-8-19(22)12-14-25-24(3,4)20-17-18(2)10-11-21(20)27(25)15-13-23(28)26-25/h6-12,14,17H,5,13,15-16H2,1-4H3,(H,26,28)/b14-12+/t25-/m0/s1. The highest BCUT2D eigenvalue weighted by atomic mass is 16.5. The zero-order chi connectivity index (χ0) is 20.6. The van der Waals surface area contributed by atoms with Gasteiger partial charge in [-0.3, -0.25) is 4.79 Å². The van der Waals surface area contributed by atoms with E-state index in [4.69, 9.17) is 4.74 Å². The molecule has 1 atom stereocenters. The van der Waals surface area contributed by atoms with Crippen LogP contribution in [0.5, 0.6) is 5.75 Å². The highest BCUT2D eigenvalue weighted by Crippen LogP contribution is 2.52. The molecule has 0 radical (unpaired) electrons. The lowest BCUT2D eigenvalue weighted by Gasteiger charge is -2.49. The zero-order valence-corrected chi connectivity index (χ0v) is 17.8. The number of ether oxygens (including phenoxy) is 1. The number of fused-ring (bicyclic) bond motifs is 3. The van der Waals surface area contributed by atoms with Crippen molar-refractivity contribution in [1.82, 2.24) is 5.32 Å². The van der Waals surface area contributed by atoms with E-state index in [2.05, 4.69) is 74.3 Å². The van der Waals surface area contributed by atoms with Crippen LogP contribution in [0.15, 0.2) is 48.5 Å². The molecule has 2 aliphatic rings. The van der Waals surface area contributed by atoms with Gasteiger partial charge in [0, 0.05) is 29.6 Å². The molecule has 1 fully saturated rings. The van der Waals surface area contributed by atoms with Crippen molar-refractivity contribution in [2.75, 3.05) is 18.1 Å². The third-order valence-corrected chi connectivity index (χ3v) is 6.27. The molecule has 0 unspecified atom stereocenters. The SMILES string of the molecule is CCCOc1ccccc1/C=C/[C@]12NC(=O)CCN1c1ccc(C)cc1C2(C)C. The van der Waals surface area contributed by atoms with Gasteiger partial charge in [0.25, 0.3) is 0 Å². The summed E-state index contributed by atoms with van der Waals surface area (Å²) < 4.78 is 5.93. The number of rotatable bonds is 5. The monoisotopic (exact) mass is 390 g/mol. The minimum Gasteiger partial charge on any atom is -0.493 e. The third kappa shape index (κ3) is 3.11. The Morgan fingerprint density at radius 1 is 1.21 bits per heavy atom. The fraction of sp³-hybridized carbons (Fsp3) is 0.400. The van der Waals surface area contributed by atoms with Gasteiger partial charge in [0.1, 0.15) is 11.4 Å². The molecule has 0 saturated carbocycles. The van der Waals surface area contributed by atoms with Crippen LogP contribution in [0.1, 0.15) is 50.3 Å². The van der Waals surface area contributed by atoms with Crippen LogP contribution in [0.3, 0.4) is 0 Å². The van der Waals surface area contributed by atoms with Gasteiger partial charge in [0.05, 0.1) is 6.61 Å². The number of nitrogens with zero attached hydrogens (tertiary/aromatic N) is 1. The first kappa shape index (κ1) is 19.6. The second-order valence-electron chi connectivity index (χ2n) is 8.58. The van der Waals surface area contributed by atoms with Gasteiger partial charge in [-0.25, -0.2) is 0 Å². The van der Waals surface area contributed by atoms with Crippen LogP contribution in [0.2, 0.25) is 0 Å². The first-order valence-electron chi connectivity index (χ1n) is 10.5. The molecule has 0 bridgehead atoms. The van der Waals surface area contributed by atoms with E-state index in [1.54, 1.807) is 0 Å². The highest BCUT2D eigenvalue weighted by molar-refractivity contribution is 5.85. The van der Waals surface area contributed by atoms with E-state index in [1.807, 2.05) is 18.2 Å². The molecule has 4 nitrogen and oxygen atoms in total. The number of hydrogen-bond donors (Lipinski definition) is 1. The topological polar surface area (TPSA) is 41.6 Å². The molecule has 152 valence electrons. The van der Waals surface area contributed by atoms with Crippen LogP contribution in [0.25, 0.3) is 6.08 Å². The number of hydrogen-bond acceptors (Lipinski definition) is 3. The Labute approximate surface area is 173 Å². The first-order valence-corrected chi connectivity index (χ1v) is 10.5. The van der Waals surface area contributed by atoms with Crippen molar-refractivity contribution in [3.63, 3.8) is 0 Å². The minimum atomic E-state index is -0.601. The van der Waals surface area contributed by atoms with E-state index in [9.17, 15) is 4.79 Å². The van der Waals surface area contributed by atoms with Crippen LogP contribution in [0, 0.1) is 6.92 Å². The number of nitrogens with one attached hydrogen (secondary N) is 1. The molecule has 2 aromatic rings. The van der Waals surface area contributed by atoms with Crippen LogP contribution >= 0.6 is 0 Å². The minimum absolute atomic E-state index is 0.0963. The first-order chi connectivity index (χ1) is 13.9. The Hall–Kier alpha value is -2.75. The van der Waals surface area contributed by atoms with Crippen LogP contribution in [-0.2, 0) is 10.2 Å². The van der Waals surface area contributed by atoms with Crippen LogP contribution in [0.4, 0.5) is 5.69 Å². The molecule has 1 N–H and O–H groups in total. The number of benzene rings is 2. The predicted octanol–water partition coefficient (Wildman–Crippen LogP) is 4.81. The van der Waals surface area contributed by atoms with E-state index in [-0.39, 0.29) is 11.3 Å². The van der Waals surface area contributed by atoms with Gasteiger partial charge in [-0.2, -0.15) is 0 Å². The number of anilines is 1. The summed E-state index contributed by atoms with van der Waals surface area (Å²) in [5, 5.41) is 3.34. The molecule has 4 heteroatoms. The summed E-state index contributed by atoms with van der Waals surface area (Å²) in [6.07, 6.45) is 5.74. The summed E-state index contributed by atoms with van der Waals surface area (Å²) in [6, 6.07) is 14.7. The maximum atomic E-state index is 12.5. The molecule has 29 heavy (non-hydrogen) atoms. The van der Waals surface area contributed by atoms with Gasteiger partial charge < -0.3 is 15.0 Å². The Balaban J connectivity index is 1.80. The summed E-state index contributed by atoms with van der Waals surface area (Å²) in [5.74, 6) is 0.971. The van der Waals surface area contributed by atoms with Gasteiger partial charge in [0.15, 0.2) is 0 Å². The molecule has 1 amide bonds. The van der Waals surface area contributed by atoms with Crippen molar-refractivity contribution >= 4 is 17.7 Å². The maximum absolute atomic E-state index is 12.5. The molecule has 2 aromatic carbocycles. The Kier molecular flexibility index (Phi) is 4.89. The average molecular weight is 391 g/mol. The van der Waals surface area contributed by atoms with E-state index < -0.39 is 5.66 Å². The molecule has 0 spiro atoms. The van der Waals surface area contributed by atoms with Crippen LogP contribution in [-0.4, -0.2) is 24.7 Å². The summed E-state index contributed by atoms with van der Waals surface area (Å²) in [6.45, 7) is 10.1. The number of amides is 1. The Bertz CT molecular complexity index is 963. The van der Waals surface area contributed by atoms with Crippen LogP contribution < -0.4 is 15.0 Å². The molecule has 2 aliphatic heterocycles. The summed E-state index contributed by atoms with van der Waals surface area (Å²) in [5.41, 5.74) is 3.87. The lowest BCUT2D eigenvalue weighted by atomic mass is 9.74. The average Bonchev–Trinajstić information content (AvgIpc) is 2.89. The number of aryl methyl sites for hydroxylation is 1. The van der Waals surface area contributed by atoms with E-state index in [0.29, 0.717) is 19.6 Å². The van der Waals surface area contributed by atoms with Gasteiger partial charge in [0.2, 0.25) is 5.91 Å². The molecule has 2 heterocycles. The summed E-state index contributed by atoms with van der Waals surface area (Å²) in [4.78, 5) is 14.9. The second kappa shape index (κ2) is 7.25. The number of para-hydroxylation sites is 1. The molecule has 0 aromatic heterocycles. The lowest BCUT2D eigenvalue weighted by molar-refractivity contribution is -0.124. The fourth-order valence-corrected chi connectivity index (χ4v) is 4.64. The van der Waals surface area contributed by atoms with Crippen molar-refractivity contribution in [2.24, 2.45) is 0 Å². The van der Waals surface area contributed by atoms with Gasteiger partial charge >= 0.3 is 0 Å². The van der Waals surface area contributed by atoms with Crippen molar-refractivity contribution in [3.8, 4) is 5.75 Å². The van der Waals surface area contributed by atoms with E-state index in [0.717, 1.165) is 17.7 Å². The predicted molar refractivity (Wildman–Crippen MR) is 118 cm³/mol. The van der Waals surface area contributed by atoms with Crippen molar-refractivity contribution < 1.29 is 9.53 Å². The quantitative estimate of drug-likeness (QED) is 0.796. The van der Waals surface area contributed by atoms with E-state index in [1.165, 1.54) is 16.8 Å². The summed E-state index contributed by atoms with van der Waals surface area (Å²) >= 11 is 0. The zero-order valence-electron chi connectivity index (χ0n) is 17.8. The fourth-order valence-electron chi connectivity index (χ4n) is 4.64. The van der Waals surface area contributed by atoms with Crippen molar-refractivity contribution in [1.29, 1.82) is 0 Å². The van der Waals surface area contributed by atoms with Gasteiger partial charge in [-0.05, 0) is 37.1 Å². The van der Waals surface area contributed by atoms with Crippen molar-refractivity contribution in [3.05, 3.63) is 65.2 Å². The second-order valence-corrected chi connectivity index (χ2v) is 8.58. The molecule has 0 aliphatic carbocycles. The number of carbonyl (C=O) groups is 1. The molecular weight excluding hydrogens is 360 g/mol.